The van der Waals surface area contributed by atoms with Crippen LogP contribution in [0.5, 0.6) is 0 Å². The molecule has 0 fully saturated rings. The molecular formula is C12H16N4OS. The van der Waals surface area contributed by atoms with Gasteiger partial charge in [-0.3, -0.25) is 9.48 Å². The second-order valence-electron chi connectivity index (χ2n) is 4.19. The summed E-state index contributed by atoms with van der Waals surface area (Å²) in [5.41, 5.74) is 2.55. The molecule has 0 atom stereocenters. The van der Waals surface area contributed by atoms with Crippen molar-refractivity contribution in [3.8, 4) is 0 Å². The van der Waals surface area contributed by atoms with Crippen LogP contribution in [-0.4, -0.2) is 26.5 Å². The molecule has 0 saturated carbocycles. The van der Waals surface area contributed by atoms with Gasteiger partial charge in [-0.05, 0) is 31.4 Å². The van der Waals surface area contributed by atoms with Crippen LogP contribution in [0.25, 0.3) is 0 Å². The van der Waals surface area contributed by atoms with Gasteiger partial charge in [0, 0.05) is 26.2 Å². The Bertz CT molecular complexity index is 558. The fraction of sp³-hybridized carbons (Fsp3) is 0.417. The molecule has 0 aliphatic carbocycles. The lowest BCUT2D eigenvalue weighted by Gasteiger charge is -2.03. The fourth-order valence-corrected chi connectivity index (χ4v) is 2.67. The molecule has 0 amide bonds. The summed E-state index contributed by atoms with van der Waals surface area (Å²) in [6, 6.07) is 1.99. The van der Waals surface area contributed by atoms with E-state index in [9.17, 15) is 4.79 Å². The van der Waals surface area contributed by atoms with Crippen LogP contribution in [0.15, 0.2) is 12.3 Å². The maximum atomic E-state index is 11.5. The molecule has 0 bridgehead atoms. The van der Waals surface area contributed by atoms with Gasteiger partial charge in [0.2, 0.25) is 0 Å². The van der Waals surface area contributed by atoms with Gasteiger partial charge in [0.05, 0.1) is 17.0 Å². The Morgan fingerprint density at radius 3 is 2.94 bits per heavy atom. The molecule has 2 rings (SSSR count). The predicted molar refractivity (Wildman–Crippen MR) is 72.3 cm³/mol. The molecule has 0 spiro atoms. The van der Waals surface area contributed by atoms with E-state index in [1.165, 1.54) is 11.5 Å². The van der Waals surface area contributed by atoms with Crippen LogP contribution in [-0.2, 0) is 13.5 Å². The Kier molecular flexibility index (Phi) is 3.76. The number of hydrogen-bond acceptors (Lipinski definition) is 5. The summed E-state index contributed by atoms with van der Waals surface area (Å²) in [6.07, 6.45) is 2.75. The molecular weight excluding hydrogens is 248 g/mol. The lowest BCUT2D eigenvalue weighted by atomic mass is 10.2. The van der Waals surface area contributed by atoms with E-state index in [2.05, 4.69) is 14.8 Å². The summed E-state index contributed by atoms with van der Waals surface area (Å²) in [7, 11) is 1.90. The summed E-state index contributed by atoms with van der Waals surface area (Å²) in [6.45, 7) is 4.18. The van der Waals surface area contributed by atoms with Crippen molar-refractivity contribution in [1.82, 2.24) is 14.2 Å². The van der Waals surface area contributed by atoms with Crippen molar-refractivity contribution in [3.05, 3.63) is 29.2 Å². The molecule has 0 aromatic carbocycles. The minimum absolute atomic E-state index is 0.0570. The third-order valence-electron chi connectivity index (χ3n) is 2.65. The number of aryl methyl sites for hydroxylation is 2. The van der Waals surface area contributed by atoms with E-state index >= 15 is 0 Å². The zero-order valence-corrected chi connectivity index (χ0v) is 11.5. The predicted octanol–water partition coefficient (Wildman–Crippen LogP) is 2.04. The second kappa shape index (κ2) is 5.30. The molecule has 0 radical (unpaired) electrons. The Morgan fingerprint density at radius 1 is 1.56 bits per heavy atom. The summed E-state index contributed by atoms with van der Waals surface area (Å²) >= 11 is 1.34. The lowest BCUT2D eigenvalue weighted by molar-refractivity contribution is 0.101. The molecule has 5 nitrogen and oxygen atoms in total. The van der Waals surface area contributed by atoms with Gasteiger partial charge >= 0.3 is 0 Å². The molecule has 2 heterocycles. The number of nitrogens with one attached hydrogen (secondary N) is 1. The number of nitrogens with zero attached hydrogens (tertiary/aromatic N) is 3. The second-order valence-corrected chi connectivity index (χ2v) is 4.96. The largest absolute Gasteiger partial charge is 0.375 e. The van der Waals surface area contributed by atoms with E-state index < -0.39 is 0 Å². The van der Waals surface area contributed by atoms with Crippen molar-refractivity contribution in [2.45, 2.75) is 20.3 Å². The first-order valence-electron chi connectivity index (χ1n) is 5.77. The summed E-state index contributed by atoms with van der Waals surface area (Å²) < 4.78 is 5.99. The van der Waals surface area contributed by atoms with Gasteiger partial charge in [-0.1, -0.05) is 0 Å². The molecule has 0 saturated heterocycles. The van der Waals surface area contributed by atoms with Gasteiger partial charge in [0.25, 0.3) is 0 Å². The number of rotatable bonds is 5. The Labute approximate surface area is 110 Å². The molecule has 6 heteroatoms. The van der Waals surface area contributed by atoms with Crippen LogP contribution >= 0.6 is 11.5 Å². The first kappa shape index (κ1) is 12.8. The van der Waals surface area contributed by atoms with Crippen molar-refractivity contribution in [2.75, 3.05) is 11.9 Å². The van der Waals surface area contributed by atoms with Crippen molar-refractivity contribution >= 4 is 22.3 Å². The maximum absolute atomic E-state index is 11.5. The number of carbonyl (C=O) groups is 1. The molecule has 0 aliphatic rings. The van der Waals surface area contributed by atoms with Crippen molar-refractivity contribution in [1.29, 1.82) is 0 Å². The standard InChI is InChI=1S/C12H16N4OS/c1-8-11(9(2)17)12(18-15-8)13-6-4-10-5-7-16(3)14-10/h5,7,13H,4,6H2,1-3H3. The number of anilines is 1. The third kappa shape index (κ3) is 2.76. The molecule has 2 aromatic rings. The SMILES string of the molecule is CC(=O)c1c(C)nsc1NCCc1ccn(C)n1. The number of carbonyl (C=O) groups excluding carboxylic acids is 1. The third-order valence-corrected chi connectivity index (χ3v) is 3.55. The Morgan fingerprint density at radius 2 is 2.33 bits per heavy atom. The van der Waals surface area contributed by atoms with Gasteiger partial charge in [-0.15, -0.1) is 0 Å². The van der Waals surface area contributed by atoms with Gasteiger partial charge < -0.3 is 5.32 Å². The van der Waals surface area contributed by atoms with Crippen LogP contribution in [0.4, 0.5) is 5.00 Å². The van der Waals surface area contributed by atoms with E-state index in [4.69, 9.17) is 0 Å². The van der Waals surface area contributed by atoms with E-state index in [1.54, 1.807) is 11.6 Å². The average Bonchev–Trinajstić information content (AvgIpc) is 2.86. The molecule has 18 heavy (non-hydrogen) atoms. The lowest BCUT2D eigenvalue weighted by Crippen LogP contribution is -2.07. The number of aromatic nitrogens is 3. The van der Waals surface area contributed by atoms with Crippen LogP contribution in [0.2, 0.25) is 0 Å². The van der Waals surface area contributed by atoms with Crippen molar-refractivity contribution in [2.24, 2.45) is 7.05 Å². The zero-order chi connectivity index (χ0) is 13.1. The minimum atomic E-state index is 0.0570. The summed E-state index contributed by atoms with van der Waals surface area (Å²) in [5.74, 6) is 0.0570. The first-order valence-corrected chi connectivity index (χ1v) is 6.55. The smallest absolute Gasteiger partial charge is 0.164 e. The highest BCUT2D eigenvalue weighted by atomic mass is 32.1. The highest BCUT2D eigenvalue weighted by molar-refractivity contribution is 7.10. The van der Waals surface area contributed by atoms with E-state index in [-0.39, 0.29) is 5.78 Å². The average molecular weight is 264 g/mol. The van der Waals surface area contributed by atoms with E-state index in [0.29, 0.717) is 5.56 Å². The van der Waals surface area contributed by atoms with Crippen molar-refractivity contribution < 1.29 is 4.79 Å². The normalized spacial score (nSPS) is 10.6. The Hall–Kier alpha value is -1.69. The molecule has 2 aromatic heterocycles. The Balaban J connectivity index is 1.96. The number of Topliss-reactive ketones (excluding diaryl/α,β-unsaturated/α-hetero) is 1. The molecule has 0 aliphatic heterocycles. The van der Waals surface area contributed by atoms with Crippen LogP contribution in [0, 0.1) is 6.92 Å². The quantitative estimate of drug-likeness (QED) is 0.840. The summed E-state index contributed by atoms with van der Waals surface area (Å²) in [4.78, 5) is 11.5. The number of hydrogen-bond donors (Lipinski definition) is 1. The molecule has 96 valence electrons. The maximum Gasteiger partial charge on any atom is 0.164 e. The van der Waals surface area contributed by atoms with Gasteiger partial charge in [0.1, 0.15) is 5.00 Å². The van der Waals surface area contributed by atoms with E-state index in [0.717, 1.165) is 29.4 Å². The zero-order valence-electron chi connectivity index (χ0n) is 10.7. The van der Waals surface area contributed by atoms with Crippen LogP contribution in [0.1, 0.15) is 28.7 Å². The monoisotopic (exact) mass is 264 g/mol. The highest BCUT2D eigenvalue weighted by Crippen LogP contribution is 2.24. The topological polar surface area (TPSA) is 59.8 Å². The van der Waals surface area contributed by atoms with Gasteiger partial charge in [-0.25, -0.2) is 0 Å². The highest BCUT2D eigenvalue weighted by Gasteiger charge is 2.14. The minimum Gasteiger partial charge on any atom is -0.375 e. The first-order chi connectivity index (χ1) is 8.58. The van der Waals surface area contributed by atoms with Gasteiger partial charge in [0.15, 0.2) is 5.78 Å². The van der Waals surface area contributed by atoms with E-state index in [1.807, 2.05) is 26.2 Å². The van der Waals surface area contributed by atoms with Gasteiger partial charge in [-0.2, -0.15) is 9.47 Å². The van der Waals surface area contributed by atoms with Crippen LogP contribution in [0.3, 0.4) is 0 Å². The molecule has 0 unspecified atom stereocenters. The van der Waals surface area contributed by atoms with Crippen LogP contribution < -0.4 is 5.32 Å². The fourth-order valence-electron chi connectivity index (χ4n) is 1.81. The van der Waals surface area contributed by atoms with Crippen molar-refractivity contribution in [3.63, 3.8) is 0 Å². The number of ketones is 1. The summed E-state index contributed by atoms with van der Waals surface area (Å²) in [5, 5.41) is 8.42. The molecule has 1 N–H and O–H groups in total.